The molecule has 64 valence electrons. The molecule has 1 aliphatic carbocycles. The molecule has 12 heavy (non-hydrogen) atoms. The largest absolute Gasteiger partial charge is 0.487 e. The average Bonchev–Trinajstić information content (AvgIpc) is 2.33. The van der Waals surface area contributed by atoms with E-state index in [1.165, 1.54) is 5.57 Å². The summed E-state index contributed by atoms with van der Waals surface area (Å²) in [6, 6.07) is 0. The molecule has 1 fully saturated rings. The van der Waals surface area contributed by atoms with E-state index in [1.807, 2.05) is 6.08 Å². The molecule has 1 N–H and O–H groups in total. The van der Waals surface area contributed by atoms with Crippen molar-refractivity contribution in [2.75, 3.05) is 6.61 Å². The van der Waals surface area contributed by atoms with Crippen molar-refractivity contribution in [1.29, 1.82) is 0 Å². The molecule has 2 unspecified atom stereocenters. The van der Waals surface area contributed by atoms with Crippen LogP contribution in [0.5, 0.6) is 0 Å². The van der Waals surface area contributed by atoms with Gasteiger partial charge >= 0.3 is 7.12 Å². The summed E-state index contributed by atoms with van der Waals surface area (Å²) >= 11 is 0. The van der Waals surface area contributed by atoms with Gasteiger partial charge in [0.2, 0.25) is 0 Å². The van der Waals surface area contributed by atoms with E-state index in [1.54, 1.807) is 0 Å². The van der Waals surface area contributed by atoms with Gasteiger partial charge in [-0.05, 0) is 18.3 Å². The number of hydrogen-bond donors (Lipinski definition) is 1. The van der Waals surface area contributed by atoms with Crippen LogP contribution in [-0.4, -0.2) is 18.7 Å². The number of hydrogen-bond acceptors (Lipinski definition) is 2. The highest BCUT2D eigenvalue weighted by molar-refractivity contribution is 6.53. The average molecular weight is 164 g/mol. The Morgan fingerprint density at radius 3 is 3.17 bits per heavy atom. The van der Waals surface area contributed by atoms with E-state index in [2.05, 4.69) is 19.9 Å². The fraction of sp³-hybridized carbons (Fsp3) is 0.556. The van der Waals surface area contributed by atoms with Crippen molar-refractivity contribution in [2.45, 2.75) is 13.8 Å². The molecule has 0 aromatic rings. The molecule has 2 nitrogen and oxygen atoms in total. The Kier molecular flexibility index (Phi) is 1.85. The summed E-state index contributed by atoms with van der Waals surface area (Å²) in [5, 5.41) is 9.44. The Labute approximate surface area is 73.1 Å². The third kappa shape index (κ3) is 1.13. The van der Waals surface area contributed by atoms with E-state index in [-0.39, 0.29) is 0 Å². The standard InChI is InChI=1S/C9H13BO2/c1-6-3-7(2)8-5-12-10(11)9(8)4-6/h3-4,7-8,11H,5H2,1-2H3. The van der Waals surface area contributed by atoms with Crippen LogP contribution in [0, 0.1) is 11.8 Å². The van der Waals surface area contributed by atoms with Crippen LogP contribution >= 0.6 is 0 Å². The molecular weight excluding hydrogens is 151 g/mol. The Bertz CT molecular complexity index is 257. The van der Waals surface area contributed by atoms with Gasteiger partial charge in [0.15, 0.2) is 0 Å². The molecule has 0 aromatic carbocycles. The predicted octanol–water partition coefficient (Wildman–Crippen LogP) is 1.17. The van der Waals surface area contributed by atoms with Gasteiger partial charge in [-0.2, -0.15) is 0 Å². The highest BCUT2D eigenvalue weighted by Gasteiger charge is 2.38. The molecule has 0 saturated carbocycles. The minimum absolute atomic E-state index is 0.406. The van der Waals surface area contributed by atoms with Crippen molar-refractivity contribution in [1.82, 2.24) is 0 Å². The molecule has 1 heterocycles. The molecule has 0 bridgehead atoms. The summed E-state index contributed by atoms with van der Waals surface area (Å²) in [5.41, 5.74) is 2.29. The lowest BCUT2D eigenvalue weighted by molar-refractivity contribution is 0.259. The number of allylic oxidation sites excluding steroid dienone is 3. The van der Waals surface area contributed by atoms with Crippen LogP contribution in [0.4, 0.5) is 0 Å². The fourth-order valence-electron chi connectivity index (χ4n) is 2.05. The number of rotatable bonds is 0. The van der Waals surface area contributed by atoms with Gasteiger partial charge in [0.05, 0.1) is 0 Å². The van der Waals surface area contributed by atoms with Crippen molar-refractivity contribution in [3.8, 4) is 0 Å². The molecular formula is C9H13BO2. The zero-order valence-electron chi connectivity index (χ0n) is 7.45. The van der Waals surface area contributed by atoms with E-state index in [9.17, 15) is 5.02 Å². The minimum atomic E-state index is -0.652. The number of fused-ring (bicyclic) bond motifs is 1. The predicted molar refractivity (Wildman–Crippen MR) is 48.4 cm³/mol. The first-order valence-electron chi connectivity index (χ1n) is 4.38. The molecule has 0 aromatic heterocycles. The maximum atomic E-state index is 9.44. The van der Waals surface area contributed by atoms with E-state index in [0.717, 1.165) is 5.47 Å². The lowest BCUT2D eigenvalue weighted by Crippen LogP contribution is -2.19. The Hall–Kier alpha value is -0.535. The van der Waals surface area contributed by atoms with Gasteiger partial charge in [-0.25, -0.2) is 0 Å². The Morgan fingerprint density at radius 1 is 1.67 bits per heavy atom. The van der Waals surface area contributed by atoms with Crippen molar-refractivity contribution >= 4 is 7.12 Å². The van der Waals surface area contributed by atoms with Crippen LogP contribution < -0.4 is 0 Å². The molecule has 0 radical (unpaired) electrons. The Morgan fingerprint density at radius 2 is 2.42 bits per heavy atom. The first-order chi connectivity index (χ1) is 5.68. The third-order valence-corrected chi connectivity index (χ3v) is 2.70. The minimum Gasteiger partial charge on any atom is -0.423 e. The zero-order chi connectivity index (χ0) is 8.72. The van der Waals surface area contributed by atoms with Gasteiger partial charge in [-0.3, -0.25) is 0 Å². The van der Waals surface area contributed by atoms with Crippen molar-refractivity contribution in [3.63, 3.8) is 0 Å². The van der Waals surface area contributed by atoms with Crippen molar-refractivity contribution in [3.05, 3.63) is 23.2 Å². The lowest BCUT2D eigenvalue weighted by Gasteiger charge is -2.21. The van der Waals surface area contributed by atoms with Crippen LogP contribution in [-0.2, 0) is 4.65 Å². The van der Waals surface area contributed by atoms with E-state index in [0.29, 0.717) is 18.4 Å². The van der Waals surface area contributed by atoms with Crippen LogP contribution in [0.15, 0.2) is 23.2 Å². The molecule has 2 aliphatic rings. The fourth-order valence-corrected chi connectivity index (χ4v) is 2.05. The lowest BCUT2D eigenvalue weighted by atomic mass is 9.68. The summed E-state index contributed by atoms with van der Waals surface area (Å²) in [4.78, 5) is 0. The van der Waals surface area contributed by atoms with Gasteiger partial charge < -0.3 is 9.68 Å². The van der Waals surface area contributed by atoms with Crippen molar-refractivity contribution < 1.29 is 9.68 Å². The smallest absolute Gasteiger partial charge is 0.423 e. The first kappa shape index (κ1) is 8.08. The Balaban J connectivity index is 2.32. The van der Waals surface area contributed by atoms with Gasteiger partial charge in [0.25, 0.3) is 0 Å². The normalized spacial score (nSPS) is 34.4. The SMILES string of the molecule is CC1=CC(C)C2COB(O)C2=C1. The van der Waals surface area contributed by atoms with Crippen LogP contribution in [0.25, 0.3) is 0 Å². The van der Waals surface area contributed by atoms with Gasteiger partial charge in [-0.1, -0.05) is 24.6 Å². The maximum absolute atomic E-state index is 9.44. The monoisotopic (exact) mass is 164 g/mol. The zero-order valence-corrected chi connectivity index (χ0v) is 7.45. The van der Waals surface area contributed by atoms with Gasteiger partial charge in [0.1, 0.15) is 0 Å². The summed E-state index contributed by atoms with van der Waals surface area (Å²) in [7, 11) is -0.652. The van der Waals surface area contributed by atoms with Crippen LogP contribution in [0.3, 0.4) is 0 Å². The first-order valence-corrected chi connectivity index (χ1v) is 4.38. The van der Waals surface area contributed by atoms with Crippen LogP contribution in [0.2, 0.25) is 0 Å². The second-order valence-electron chi connectivity index (χ2n) is 3.71. The second-order valence-corrected chi connectivity index (χ2v) is 3.71. The van der Waals surface area contributed by atoms with E-state index >= 15 is 0 Å². The summed E-state index contributed by atoms with van der Waals surface area (Å²) in [5.74, 6) is 0.908. The second kappa shape index (κ2) is 2.75. The summed E-state index contributed by atoms with van der Waals surface area (Å²) < 4.78 is 5.17. The highest BCUT2D eigenvalue weighted by atomic mass is 16.5. The summed E-state index contributed by atoms with van der Waals surface area (Å²) in [6.07, 6.45) is 4.28. The molecule has 1 saturated heterocycles. The maximum Gasteiger partial charge on any atom is 0.487 e. The van der Waals surface area contributed by atoms with Crippen LogP contribution in [0.1, 0.15) is 13.8 Å². The summed E-state index contributed by atoms with van der Waals surface area (Å²) in [6.45, 7) is 4.89. The molecule has 0 spiro atoms. The highest BCUT2D eigenvalue weighted by Crippen LogP contribution is 2.34. The van der Waals surface area contributed by atoms with E-state index in [4.69, 9.17) is 4.65 Å². The van der Waals surface area contributed by atoms with Gasteiger partial charge in [-0.15, -0.1) is 0 Å². The quantitative estimate of drug-likeness (QED) is 0.544. The molecule has 2 atom stereocenters. The third-order valence-electron chi connectivity index (χ3n) is 2.70. The molecule has 1 aliphatic heterocycles. The van der Waals surface area contributed by atoms with Gasteiger partial charge in [0, 0.05) is 12.5 Å². The topological polar surface area (TPSA) is 29.5 Å². The van der Waals surface area contributed by atoms with Crippen molar-refractivity contribution in [2.24, 2.45) is 11.8 Å². The van der Waals surface area contributed by atoms with E-state index < -0.39 is 7.12 Å². The molecule has 0 amide bonds. The molecule has 2 rings (SSSR count). The molecule has 3 heteroatoms.